The van der Waals surface area contributed by atoms with Crippen LogP contribution >= 0.6 is 0 Å². The van der Waals surface area contributed by atoms with Gasteiger partial charge in [-0.2, -0.15) is 0 Å². The van der Waals surface area contributed by atoms with E-state index in [-0.39, 0.29) is 0 Å². The second kappa shape index (κ2) is 3.45. The van der Waals surface area contributed by atoms with E-state index in [0.29, 0.717) is 5.89 Å². The zero-order valence-electron chi connectivity index (χ0n) is 8.84. The van der Waals surface area contributed by atoms with Gasteiger partial charge in [-0.05, 0) is 23.8 Å². The van der Waals surface area contributed by atoms with Crippen molar-refractivity contribution in [1.82, 2.24) is 9.97 Å². The summed E-state index contributed by atoms with van der Waals surface area (Å²) in [5.41, 5.74) is 3.91. The number of aromatic nitrogens is 2. The molecule has 3 heteroatoms. The molecule has 3 nitrogen and oxygen atoms in total. The topological polar surface area (TPSA) is 38.9 Å². The lowest BCUT2D eigenvalue weighted by molar-refractivity contribution is 0.561. The van der Waals surface area contributed by atoms with Gasteiger partial charge in [0.25, 0.3) is 0 Å². The molecular formula is C13H10N2O. The van der Waals surface area contributed by atoms with Crippen molar-refractivity contribution >= 4 is 11.1 Å². The first-order chi connectivity index (χ1) is 7.83. The van der Waals surface area contributed by atoms with Crippen molar-refractivity contribution in [2.75, 3.05) is 0 Å². The third-order valence-electron chi connectivity index (χ3n) is 2.49. The smallest absolute Gasteiger partial charge is 0.192 e. The number of hydrogen-bond acceptors (Lipinski definition) is 3. The molecular weight excluding hydrogens is 200 g/mol. The number of benzene rings is 1. The number of fused-ring (bicyclic) bond motifs is 1. The molecule has 0 amide bonds. The predicted molar refractivity (Wildman–Crippen MR) is 62.0 cm³/mol. The first-order valence-electron chi connectivity index (χ1n) is 5.10. The van der Waals surface area contributed by atoms with Crippen molar-refractivity contribution in [3.8, 4) is 11.1 Å². The minimum absolute atomic E-state index is 0.693. The Bertz CT molecular complexity index is 629. The number of rotatable bonds is 1. The number of nitrogens with zero attached hydrogens (tertiary/aromatic N) is 2. The average Bonchev–Trinajstić information content (AvgIpc) is 2.69. The van der Waals surface area contributed by atoms with Gasteiger partial charge in [-0.3, -0.25) is 4.98 Å². The molecule has 0 saturated heterocycles. The Hall–Kier alpha value is -2.16. The Morgan fingerprint density at radius 1 is 1.12 bits per heavy atom. The maximum atomic E-state index is 5.43. The van der Waals surface area contributed by atoms with Crippen LogP contribution in [0.4, 0.5) is 0 Å². The van der Waals surface area contributed by atoms with E-state index in [1.807, 2.05) is 43.5 Å². The van der Waals surface area contributed by atoms with Gasteiger partial charge in [-0.25, -0.2) is 4.98 Å². The molecule has 0 aliphatic heterocycles. The number of aryl methyl sites for hydroxylation is 1. The van der Waals surface area contributed by atoms with Crippen molar-refractivity contribution < 1.29 is 4.42 Å². The summed E-state index contributed by atoms with van der Waals surface area (Å²) in [6.45, 7) is 1.85. The third-order valence-corrected chi connectivity index (χ3v) is 2.49. The fraction of sp³-hybridized carbons (Fsp3) is 0.0769. The van der Waals surface area contributed by atoms with E-state index < -0.39 is 0 Å². The molecule has 1 aromatic carbocycles. The van der Waals surface area contributed by atoms with Crippen LogP contribution in [0.5, 0.6) is 0 Å². The molecule has 0 N–H and O–H groups in total. The highest BCUT2D eigenvalue weighted by molar-refractivity contribution is 5.80. The molecule has 2 aromatic heterocycles. The van der Waals surface area contributed by atoms with Crippen molar-refractivity contribution in [2.24, 2.45) is 0 Å². The van der Waals surface area contributed by atoms with Crippen LogP contribution in [-0.2, 0) is 0 Å². The Balaban J connectivity index is 2.18. The van der Waals surface area contributed by atoms with E-state index in [9.17, 15) is 0 Å². The standard InChI is InChI=1S/C13H10N2O/c1-9-15-12-7-10(4-5-13(12)16-9)11-3-2-6-14-8-11/h2-8H,1H3. The lowest BCUT2D eigenvalue weighted by Crippen LogP contribution is -1.79. The van der Waals surface area contributed by atoms with E-state index in [2.05, 4.69) is 9.97 Å². The first-order valence-corrected chi connectivity index (χ1v) is 5.10. The molecule has 0 saturated carbocycles. The summed E-state index contributed by atoms with van der Waals surface area (Å²) in [5, 5.41) is 0. The van der Waals surface area contributed by atoms with Crippen LogP contribution in [-0.4, -0.2) is 9.97 Å². The van der Waals surface area contributed by atoms with Crippen molar-refractivity contribution in [2.45, 2.75) is 6.92 Å². The van der Waals surface area contributed by atoms with Crippen LogP contribution in [0.25, 0.3) is 22.2 Å². The molecule has 0 aliphatic carbocycles. The molecule has 3 aromatic rings. The highest BCUT2D eigenvalue weighted by atomic mass is 16.3. The maximum Gasteiger partial charge on any atom is 0.192 e. The summed E-state index contributed by atoms with van der Waals surface area (Å²) >= 11 is 0. The lowest BCUT2D eigenvalue weighted by Gasteiger charge is -1.99. The van der Waals surface area contributed by atoms with Crippen LogP contribution in [0.2, 0.25) is 0 Å². The minimum atomic E-state index is 0.693. The molecule has 78 valence electrons. The Morgan fingerprint density at radius 2 is 2.06 bits per heavy atom. The highest BCUT2D eigenvalue weighted by Gasteiger charge is 2.04. The molecule has 0 spiro atoms. The lowest BCUT2D eigenvalue weighted by atomic mass is 10.1. The summed E-state index contributed by atoms with van der Waals surface area (Å²) in [4.78, 5) is 8.41. The van der Waals surface area contributed by atoms with Crippen LogP contribution in [0.1, 0.15) is 5.89 Å². The quantitative estimate of drug-likeness (QED) is 0.619. The predicted octanol–water partition coefficient (Wildman–Crippen LogP) is 3.20. The van der Waals surface area contributed by atoms with Crippen molar-refractivity contribution in [3.05, 3.63) is 48.6 Å². The summed E-state index contributed by atoms with van der Waals surface area (Å²) < 4.78 is 5.43. The molecule has 3 rings (SSSR count). The Labute approximate surface area is 92.8 Å². The summed E-state index contributed by atoms with van der Waals surface area (Å²) in [7, 11) is 0. The van der Waals surface area contributed by atoms with Gasteiger partial charge in [-0.15, -0.1) is 0 Å². The van der Waals surface area contributed by atoms with Gasteiger partial charge in [-0.1, -0.05) is 12.1 Å². The largest absolute Gasteiger partial charge is 0.441 e. The second-order valence-electron chi connectivity index (χ2n) is 3.66. The van der Waals surface area contributed by atoms with Gasteiger partial charge in [0.2, 0.25) is 0 Å². The van der Waals surface area contributed by atoms with Crippen LogP contribution < -0.4 is 0 Å². The maximum absolute atomic E-state index is 5.43. The zero-order chi connectivity index (χ0) is 11.0. The summed E-state index contributed by atoms with van der Waals surface area (Å²) in [6, 6.07) is 9.93. The van der Waals surface area contributed by atoms with Gasteiger partial charge in [0.15, 0.2) is 11.5 Å². The fourth-order valence-corrected chi connectivity index (χ4v) is 1.76. The van der Waals surface area contributed by atoms with Crippen LogP contribution in [0.3, 0.4) is 0 Å². The Kier molecular flexibility index (Phi) is 1.96. The van der Waals surface area contributed by atoms with Crippen LogP contribution in [0, 0.1) is 6.92 Å². The zero-order valence-corrected chi connectivity index (χ0v) is 8.84. The van der Waals surface area contributed by atoms with E-state index in [0.717, 1.165) is 22.2 Å². The van der Waals surface area contributed by atoms with Gasteiger partial charge in [0.05, 0.1) is 0 Å². The molecule has 0 radical (unpaired) electrons. The summed E-state index contributed by atoms with van der Waals surface area (Å²) in [6.07, 6.45) is 3.61. The third kappa shape index (κ3) is 1.46. The second-order valence-corrected chi connectivity index (χ2v) is 3.66. The highest BCUT2D eigenvalue weighted by Crippen LogP contribution is 2.23. The average molecular weight is 210 g/mol. The SMILES string of the molecule is Cc1nc2cc(-c3cccnc3)ccc2o1. The molecule has 0 aliphatic rings. The monoisotopic (exact) mass is 210 g/mol. The van der Waals surface area contributed by atoms with Gasteiger partial charge in [0.1, 0.15) is 5.52 Å². The van der Waals surface area contributed by atoms with Gasteiger partial charge in [0, 0.05) is 24.9 Å². The van der Waals surface area contributed by atoms with Crippen molar-refractivity contribution in [3.63, 3.8) is 0 Å². The van der Waals surface area contributed by atoms with E-state index >= 15 is 0 Å². The fourth-order valence-electron chi connectivity index (χ4n) is 1.76. The number of pyridine rings is 1. The first kappa shape index (κ1) is 9.09. The molecule has 0 unspecified atom stereocenters. The molecule has 0 fully saturated rings. The Morgan fingerprint density at radius 3 is 2.88 bits per heavy atom. The number of oxazole rings is 1. The van der Waals surface area contributed by atoms with E-state index in [1.165, 1.54) is 0 Å². The molecule has 0 atom stereocenters. The van der Waals surface area contributed by atoms with E-state index in [4.69, 9.17) is 4.42 Å². The van der Waals surface area contributed by atoms with Gasteiger partial charge < -0.3 is 4.42 Å². The minimum Gasteiger partial charge on any atom is -0.441 e. The molecule has 0 bridgehead atoms. The molecule has 2 heterocycles. The number of hydrogen-bond donors (Lipinski definition) is 0. The molecule has 16 heavy (non-hydrogen) atoms. The van der Waals surface area contributed by atoms with Crippen LogP contribution in [0.15, 0.2) is 47.1 Å². The van der Waals surface area contributed by atoms with Gasteiger partial charge >= 0.3 is 0 Å². The van der Waals surface area contributed by atoms with E-state index in [1.54, 1.807) is 6.20 Å². The summed E-state index contributed by atoms with van der Waals surface area (Å²) in [5.74, 6) is 0.693. The normalized spacial score (nSPS) is 10.8. The van der Waals surface area contributed by atoms with Crippen molar-refractivity contribution in [1.29, 1.82) is 0 Å².